The Morgan fingerprint density at radius 1 is 0.913 bits per heavy atom. The average Bonchev–Trinajstić information content (AvgIpc) is 3.14. The summed E-state index contributed by atoms with van der Waals surface area (Å²) in [6.07, 6.45) is 12.8. The van der Waals surface area contributed by atoms with Gasteiger partial charge in [-0.05, 0) is 71.9 Å². The van der Waals surface area contributed by atoms with Gasteiger partial charge < -0.3 is 0 Å². The van der Waals surface area contributed by atoms with Crippen LogP contribution >= 0.6 is 0 Å². The standard InChI is InChI=1S/C23H24/c1-16-10-17(2)12-21(11-16)22-9-5-8-20-14-19(15-23(20)22)13-18-6-3-4-7-18/h5,8-15,18H,3-4,6-7H2,1-2H3. The lowest BCUT2D eigenvalue weighted by atomic mass is 9.98. The predicted molar refractivity (Wildman–Crippen MR) is 99.6 cm³/mol. The fraction of sp³-hybridized carbons (Fsp3) is 0.304. The summed E-state index contributed by atoms with van der Waals surface area (Å²) in [6, 6.07) is 13.5. The second-order valence-corrected chi connectivity index (χ2v) is 7.18. The Kier molecular flexibility index (Phi) is 3.69. The van der Waals surface area contributed by atoms with E-state index in [4.69, 9.17) is 0 Å². The highest BCUT2D eigenvalue weighted by molar-refractivity contribution is 5.78. The molecule has 0 spiro atoms. The summed E-state index contributed by atoms with van der Waals surface area (Å²) in [5.41, 5.74) is 6.78. The summed E-state index contributed by atoms with van der Waals surface area (Å²) >= 11 is 0. The zero-order valence-corrected chi connectivity index (χ0v) is 14.1. The van der Waals surface area contributed by atoms with Gasteiger partial charge in [-0.2, -0.15) is 0 Å². The summed E-state index contributed by atoms with van der Waals surface area (Å²) in [6.45, 7) is 4.36. The third-order valence-corrected chi connectivity index (χ3v) is 5.13. The van der Waals surface area contributed by atoms with Gasteiger partial charge in [-0.15, -0.1) is 0 Å². The highest BCUT2D eigenvalue weighted by atomic mass is 14.2. The average molecular weight is 300 g/mol. The van der Waals surface area contributed by atoms with Crippen molar-refractivity contribution in [1.29, 1.82) is 0 Å². The molecular formula is C23H24. The van der Waals surface area contributed by atoms with Gasteiger partial charge in [-0.3, -0.25) is 0 Å². The minimum atomic E-state index is 0.788. The van der Waals surface area contributed by atoms with Crippen LogP contribution in [0.1, 0.15) is 36.8 Å². The van der Waals surface area contributed by atoms with Crippen LogP contribution in [-0.4, -0.2) is 0 Å². The molecule has 2 aromatic carbocycles. The van der Waals surface area contributed by atoms with Crippen LogP contribution in [0.2, 0.25) is 0 Å². The van der Waals surface area contributed by atoms with E-state index in [1.165, 1.54) is 63.9 Å². The Hall–Kier alpha value is -2.08. The van der Waals surface area contributed by atoms with Gasteiger partial charge in [0, 0.05) is 0 Å². The van der Waals surface area contributed by atoms with Crippen molar-refractivity contribution in [2.24, 2.45) is 5.92 Å². The lowest BCUT2D eigenvalue weighted by Crippen LogP contribution is -2.23. The molecule has 0 aromatic heterocycles. The van der Waals surface area contributed by atoms with E-state index in [2.05, 4.69) is 68.5 Å². The van der Waals surface area contributed by atoms with E-state index in [0.29, 0.717) is 0 Å². The molecule has 1 saturated carbocycles. The van der Waals surface area contributed by atoms with Crippen molar-refractivity contribution in [3.05, 3.63) is 69.6 Å². The lowest BCUT2D eigenvalue weighted by molar-refractivity contribution is 0.685. The molecule has 0 bridgehead atoms. The third kappa shape index (κ3) is 2.91. The molecule has 116 valence electrons. The minimum absolute atomic E-state index is 0.788. The van der Waals surface area contributed by atoms with Crippen molar-refractivity contribution in [3.8, 4) is 11.1 Å². The SMILES string of the molecule is Cc1cc(C)cc(-c2cccc3c2=CC(=CC2CCCC2)C=3)c1. The van der Waals surface area contributed by atoms with Gasteiger partial charge in [0.25, 0.3) is 0 Å². The van der Waals surface area contributed by atoms with Crippen LogP contribution in [0.5, 0.6) is 0 Å². The first kappa shape index (κ1) is 14.5. The van der Waals surface area contributed by atoms with Crippen molar-refractivity contribution in [2.75, 3.05) is 0 Å². The normalized spacial score (nSPS) is 18.8. The zero-order chi connectivity index (χ0) is 15.8. The molecule has 0 heteroatoms. The van der Waals surface area contributed by atoms with Gasteiger partial charge in [0.1, 0.15) is 0 Å². The molecule has 23 heavy (non-hydrogen) atoms. The molecule has 2 aliphatic carbocycles. The molecule has 0 radical (unpaired) electrons. The summed E-state index contributed by atoms with van der Waals surface area (Å²) in [5.74, 6) is 0.788. The van der Waals surface area contributed by atoms with Gasteiger partial charge in [-0.25, -0.2) is 0 Å². The first-order chi connectivity index (χ1) is 11.2. The molecule has 0 heterocycles. The lowest BCUT2D eigenvalue weighted by Gasteiger charge is -2.06. The monoisotopic (exact) mass is 300 g/mol. The Labute approximate surface area is 138 Å². The Balaban J connectivity index is 1.82. The molecule has 0 saturated heterocycles. The van der Waals surface area contributed by atoms with Gasteiger partial charge in [0.2, 0.25) is 0 Å². The van der Waals surface area contributed by atoms with E-state index in [1.807, 2.05) is 0 Å². The van der Waals surface area contributed by atoms with Crippen LogP contribution in [-0.2, 0) is 0 Å². The van der Waals surface area contributed by atoms with Crippen LogP contribution in [0.3, 0.4) is 0 Å². The molecule has 0 nitrogen and oxygen atoms in total. The molecule has 2 aromatic rings. The quantitative estimate of drug-likeness (QED) is 0.756. The Bertz CT molecular complexity index is 870. The summed E-state index contributed by atoms with van der Waals surface area (Å²) in [7, 11) is 0. The largest absolute Gasteiger partial charge is 0.0741 e. The second kappa shape index (κ2) is 5.85. The predicted octanol–water partition coefficient (Wildman–Crippen LogP) is 4.66. The van der Waals surface area contributed by atoms with Crippen LogP contribution < -0.4 is 10.4 Å². The molecular weight excluding hydrogens is 276 g/mol. The number of fused-ring (bicyclic) bond motifs is 1. The Morgan fingerprint density at radius 3 is 2.39 bits per heavy atom. The Morgan fingerprint density at radius 2 is 1.65 bits per heavy atom. The molecule has 0 aliphatic heterocycles. The van der Waals surface area contributed by atoms with E-state index in [0.717, 1.165) is 5.92 Å². The number of hydrogen-bond donors (Lipinski definition) is 0. The molecule has 0 unspecified atom stereocenters. The van der Waals surface area contributed by atoms with E-state index >= 15 is 0 Å². The van der Waals surface area contributed by atoms with Crippen molar-refractivity contribution in [2.45, 2.75) is 39.5 Å². The first-order valence-corrected chi connectivity index (χ1v) is 8.82. The van der Waals surface area contributed by atoms with Crippen LogP contribution in [0, 0.1) is 19.8 Å². The number of hydrogen-bond acceptors (Lipinski definition) is 0. The van der Waals surface area contributed by atoms with Gasteiger partial charge in [-0.1, -0.05) is 66.4 Å². The zero-order valence-electron chi connectivity index (χ0n) is 14.1. The molecule has 1 fully saturated rings. The highest BCUT2D eigenvalue weighted by Gasteiger charge is 2.14. The maximum atomic E-state index is 2.50. The topological polar surface area (TPSA) is 0 Å². The number of aryl methyl sites for hydroxylation is 2. The van der Waals surface area contributed by atoms with Crippen molar-refractivity contribution >= 4 is 12.2 Å². The smallest absolute Gasteiger partial charge is 0.00994 e. The van der Waals surface area contributed by atoms with E-state index in [1.54, 1.807) is 0 Å². The van der Waals surface area contributed by atoms with Crippen LogP contribution in [0.4, 0.5) is 0 Å². The van der Waals surface area contributed by atoms with Crippen LogP contribution in [0.25, 0.3) is 23.3 Å². The summed E-state index contributed by atoms with van der Waals surface area (Å²) in [4.78, 5) is 0. The minimum Gasteiger partial charge on any atom is -0.0741 e. The van der Waals surface area contributed by atoms with E-state index in [-0.39, 0.29) is 0 Å². The van der Waals surface area contributed by atoms with E-state index < -0.39 is 0 Å². The molecule has 0 atom stereocenters. The van der Waals surface area contributed by atoms with Crippen molar-refractivity contribution in [3.63, 3.8) is 0 Å². The maximum Gasteiger partial charge on any atom is -0.00994 e. The van der Waals surface area contributed by atoms with Crippen molar-refractivity contribution in [1.82, 2.24) is 0 Å². The van der Waals surface area contributed by atoms with Gasteiger partial charge >= 0.3 is 0 Å². The third-order valence-electron chi connectivity index (χ3n) is 5.13. The molecule has 0 N–H and O–H groups in total. The summed E-state index contributed by atoms with van der Waals surface area (Å²) in [5, 5.41) is 2.76. The fourth-order valence-corrected chi connectivity index (χ4v) is 4.13. The number of benzene rings is 2. The number of allylic oxidation sites excluding steroid dienone is 2. The fourth-order valence-electron chi connectivity index (χ4n) is 4.13. The van der Waals surface area contributed by atoms with E-state index in [9.17, 15) is 0 Å². The van der Waals surface area contributed by atoms with Crippen molar-refractivity contribution < 1.29 is 0 Å². The second-order valence-electron chi connectivity index (χ2n) is 7.18. The van der Waals surface area contributed by atoms with Gasteiger partial charge in [0.15, 0.2) is 0 Å². The van der Waals surface area contributed by atoms with Gasteiger partial charge in [0.05, 0.1) is 0 Å². The highest BCUT2D eigenvalue weighted by Crippen LogP contribution is 2.28. The number of rotatable bonds is 2. The van der Waals surface area contributed by atoms with Crippen LogP contribution in [0.15, 0.2) is 48.0 Å². The maximum absolute atomic E-state index is 2.50. The molecule has 2 aliphatic rings. The summed E-state index contributed by atoms with van der Waals surface area (Å²) < 4.78 is 0. The first-order valence-electron chi connectivity index (χ1n) is 8.82. The molecule has 0 amide bonds. The molecule has 4 rings (SSSR count).